The van der Waals surface area contributed by atoms with Gasteiger partial charge in [0.25, 0.3) is 5.91 Å². The van der Waals surface area contributed by atoms with Gasteiger partial charge in [0.05, 0.1) is 6.10 Å². The fourth-order valence-corrected chi connectivity index (χ4v) is 3.29. The zero-order valence-corrected chi connectivity index (χ0v) is 16.2. The molecule has 0 unspecified atom stereocenters. The Labute approximate surface area is 168 Å². The number of amides is 1. The number of nitrogens with one attached hydrogen (secondary N) is 2. The van der Waals surface area contributed by atoms with Gasteiger partial charge in [-0.15, -0.1) is 0 Å². The van der Waals surface area contributed by atoms with Gasteiger partial charge in [0.1, 0.15) is 0 Å². The van der Waals surface area contributed by atoms with E-state index < -0.39 is 0 Å². The Morgan fingerprint density at radius 2 is 1.70 bits per heavy atom. The van der Waals surface area contributed by atoms with Crippen LogP contribution in [-0.4, -0.2) is 29.1 Å². The van der Waals surface area contributed by atoms with E-state index in [0.29, 0.717) is 21.6 Å². The van der Waals surface area contributed by atoms with Crippen molar-refractivity contribution in [2.45, 2.75) is 37.8 Å². The van der Waals surface area contributed by atoms with Crippen molar-refractivity contribution in [1.82, 2.24) is 5.32 Å². The van der Waals surface area contributed by atoms with Crippen molar-refractivity contribution in [1.29, 1.82) is 0 Å². The van der Waals surface area contributed by atoms with Crippen LogP contribution in [0.3, 0.4) is 0 Å². The molecule has 0 aliphatic heterocycles. The number of carbonyl (C=O) groups excluding carboxylic acids is 1. The van der Waals surface area contributed by atoms with Gasteiger partial charge < -0.3 is 15.7 Å². The fourth-order valence-electron chi connectivity index (χ4n) is 2.97. The number of hydrogen-bond acceptors (Lipinski definition) is 2. The van der Waals surface area contributed by atoms with E-state index in [4.69, 9.17) is 23.2 Å². The molecule has 27 heavy (non-hydrogen) atoms. The lowest BCUT2D eigenvalue weighted by molar-refractivity contribution is 0.100. The number of rotatable bonds is 3. The molecule has 3 rings (SSSR count). The van der Waals surface area contributed by atoms with E-state index in [0.717, 1.165) is 31.4 Å². The minimum Gasteiger partial charge on any atom is -0.393 e. The summed E-state index contributed by atoms with van der Waals surface area (Å²) in [7, 11) is 0. The SMILES string of the molecule is O=C(/N=C(/Nc1cccc(Cl)c1)N[C@H]1CC[C@H](O)CC1)c1ccc(Cl)cc1. The highest BCUT2D eigenvalue weighted by Gasteiger charge is 2.21. The first-order chi connectivity index (χ1) is 13.0. The smallest absolute Gasteiger partial charge is 0.280 e. The molecule has 7 heteroatoms. The molecule has 2 aromatic carbocycles. The van der Waals surface area contributed by atoms with Gasteiger partial charge in [-0.25, -0.2) is 0 Å². The lowest BCUT2D eigenvalue weighted by Gasteiger charge is -2.27. The predicted octanol–water partition coefficient (Wildman–Crippen LogP) is 4.49. The third-order valence-electron chi connectivity index (χ3n) is 4.43. The van der Waals surface area contributed by atoms with Crippen molar-refractivity contribution in [2.24, 2.45) is 4.99 Å². The molecule has 1 fully saturated rings. The van der Waals surface area contributed by atoms with Crippen LogP contribution in [0.4, 0.5) is 5.69 Å². The average molecular weight is 406 g/mol. The minimum absolute atomic E-state index is 0.136. The second kappa shape index (κ2) is 9.22. The molecule has 5 nitrogen and oxygen atoms in total. The predicted molar refractivity (Wildman–Crippen MR) is 110 cm³/mol. The molecule has 0 heterocycles. The molecule has 0 bridgehead atoms. The zero-order chi connectivity index (χ0) is 19.2. The Morgan fingerprint density at radius 1 is 1.00 bits per heavy atom. The number of benzene rings is 2. The summed E-state index contributed by atoms with van der Waals surface area (Å²) < 4.78 is 0. The summed E-state index contributed by atoms with van der Waals surface area (Å²) in [4.78, 5) is 16.8. The number of aliphatic hydroxyl groups is 1. The summed E-state index contributed by atoms with van der Waals surface area (Å²) in [6.07, 6.45) is 2.83. The molecule has 1 amide bonds. The van der Waals surface area contributed by atoms with Gasteiger partial charge in [-0.2, -0.15) is 4.99 Å². The zero-order valence-electron chi connectivity index (χ0n) is 14.7. The van der Waals surface area contributed by atoms with Gasteiger partial charge in [0.15, 0.2) is 0 Å². The summed E-state index contributed by atoms with van der Waals surface area (Å²) in [6, 6.07) is 13.9. The van der Waals surface area contributed by atoms with Crippen LogP contribution in [0, 0.1) is 0 Å². The van der Waals surface area contributed by atoms with E-state index in [9.17, 15) is 9.90 Å². The molecule has 0 radical (unpaired) electrons. The summed E-state index contributed by atoms with van der Waals surface area (Å²) >= 11 is 11.9. The second-order valence-corrected chi connectivity index (χ2v) is 7.43. The van der Waals surface area contributed by atoms with E-state index in [1.807, 2.05) is 12.1 Å². The maximum atomic E-state index is 12.5. The van der Waals surface area contributed by atoms with Crippen molar-refractivity contribution < 1.29 is 9.90 Å². The maximum absolute atomic E-state index is 12.5. The van der Waals surface area contributed by atoms with Crippen molar-refractivity contribution in [3.05, 3.63) is 64.1 Å². The Morgan fingerprint density at radius 3 is 2.37 bits per heavy atom. The Balaban J connectivity index is 1.79. The molecule has 2 aromatic rings. The molecular weight excluding hydrogens is 385 g/mol. The highest BCUT2D eigenvalue weighted by Crippen LogP contribution is 2.19. The van der Waals surface area contributed by atoms with E-state index in [1.165, 1.54) is 0 Å². The van der Waals surface area contributed by atoms with Crippen LogP contribution in [0.1, 0.15) is 36.0 Å². The number of aliphatic hydroxyl groups excluding tert-OH is 1. The van der Waals surface area contributed by atoms with E-state index in [-0.39, 0.29) is 18.1 Å². The normalized spacial score (nSPS) is 20.2. The largest absolute Gasteiger partial charge is 0.393 e. The number of hydrogen-bond donors (Lipinski definition) is 3. The van der Waals surface area contributed by atoms with Crippen LogP contribution in [0.25, 0.3) is 0 Å². The van der Waals surface area contributed by atoms with Crippen molar-refractivity contribution in [3.8, 4) is 0 Å². The first kappa shape index (κ1) is 19.7. The van der Waals surface area contributed by atoms with Crippen molar-refractivity contribution in [3.63, 3.8) is 0 Å². The molecule has 0 spiro atoms. The molecule has 1 saturated carbocycles. The molecule has 142 valence electrons. The Bertz CT molecular complexity index is 816. The Kier molecular flexibility index (Phi) is 6.72. The summed E-state index contributed by atoms with van der Waals surface area (Å²) in [5.41, 5.74) is 1.18. The van der Waals surface area contributed by atoms with Crippen LogP contribution in [-0.2, 0) is 0 Å². The van der Waals surface area contributed by atoms with Crippen LogP contribution in [0.2, 0.25) is 10.0 Å². The number of halogens is 2. The van der Waals surface area contributed by atoms with Gasteiger partial charge in [-0.3, -0.25) is 4.79 Å². The highest BCUT2D eigenvalue weighted by atomic mass is 35.5. The maximum Gasteiger partial charge on any atom is 0.280 e. The monoisotopic (exact) mass is 405 g/mol. The highest BCUT2D eigenvalue weighted by molar-refractivity contribution is 6.31. The second-order valence-electron chi connectivity index (χ2n) is 6.56. The van der Waals surface area contributed by atoms with E-state index >= 15 is 0 Å². The lowest BCUT2D eigenvalue weighted by Crippen LogP contribution is -2.42. The van der Waals surface area contributed by atoms with Gasteiger partial charge >= 0.3 is 0 Å². The third-order valence-corrected chi connectivity index (χ3v) is 4.92. The minimum atomic E-state index is -0.375. The fraction of sp³-hybridized carbons (Fsp3) is 0.300. The number of anilines is 1. The number of nitrogens with zero attached hydrogens (tertiary/aromatic N) is 1. The molecule has 3 N–H and O–H groups in total. The quantitative estimate of drug-likeness (QED) is 0.519. The number of aliphatic imine (C=N–C) groups is 1. The third kappa shape index (κ3) is 5.96. The van der Waals surface area contributed by atoms with Crippen LogP contribution >= 0.6 is 23.2 Å². The van der Waals surface area contributed by atoms with Gasteiger partial charge in [0.2, 0.25) is 5.96 Å². The topological polar surface area (TPSA) is 73.7 Å². The first-order valence-corrected chi connectivity index (χ1v) is 9.61. The summed E-state index contributed by atoms with van der Waals surface area (Å²) in [5, 5.41) is 17.3. The first-order valence-electron chi connectivity index (χ1n) is 8.85. The van der Waals surface area contributed by atoms with E-state index in [2.05, 4.69) is 15.6 Å². The summed E-state index contributed by atoms with van der Waals surface area (Å²) in [6.45, 7) is 0. The number of carbonyl (C=O) groups is 1. The molecule has 1 aliphatic carbocycles. The van der Waals surface area contributed by atoms with Crippen molar-refractivity contribution >= 4 is 40.8 Å². The van der Waals surface area contributed by atoms with E-state index in [1.54, 1.807) is 36.4 Å². The molecule has 0 aromatic heterocycles. The van der Waals surface area contributed by atoms with Crippen LogP contribution < -0.4 is 10.6 Å². The van der Waals surface area contributed by atoms with Crippen LogP contribution in [0.15, 0.2) is 53.5 Å². The molecular formula is C20H21Cl2N3O2. The lowest BCUT2D eigenvalue weighted by atomic mass is 9.93. The number of guanidine groups is 1. The van der Waals surface area contributed by atoms with Crippen molar-refractivity contribution in [2.75, 3.05) is 5.32 Å². The summed E-state index contributed by atoms with van der Waals surface area (Å²) in [5.74, 6) is -0.0156. The van der Waals surface area contributed by atoms with Crippen LogP contribution in [0.5, 0.6) is 0 Å². The molecule has 1 aliphatic rings. The van der Waals surface area contributed by atoms with Gasteiger partial charge in [0, 0.05) is 27.3 Å². The molecule has 0 saturated heterocycles. The standard InChI is InChI=1S/C20H21Cl2N3O2/c21-14-6-4-13(5-7-14)19(27)25-20(23-16-8-10-18(26)11-9-16)24-17-3-1-2-15(22)12-17/h1-7,12,16,18,26H,8-11H2,(H2,23,24,25,27)/t16-,18-. The van der Waals surface area contributed by atoms with Gasteiger partial charge in [-0.1, -0.05) is 29.3 Å². The Hall–Kier alpha value is -2.08. The average Bonchev–Trinajstić information content (AvgIpc) is 2.64. The molecule has 0 atom stereocenters. The van der Waals surface area contributed by atoms with Gasteiger partial charge in [-0.05, 0) is 68.1 Å².